The molecule has 3 aromatic heterocycles. The summed E-state index contributed by atoms with van der Waals surface area (Å²) in [5.41, 5.74) is 5.88. The number of ether oxygens (including phenoxy) is 1. The van der Waals surface area contributed by atoms with E-state index in [0.29, 0.717) is 11.6 Å². The van der Waals surface area contributed by atoms with Gasteiger partial charge in [-0.3, -0.25) is 4.79 Å². The van der Waals surface area contributed by atoms with Crippen LogP contribution < -0.4 is 0 Å². The number of aliphatic carboxylic acids is 1. The molecule has 1 aromatic carbocycles. The number of pyridine rings is 1. The topological polar surface area (TPSA) is 94.3 Å². The number of hydrogen-bond donors (Lipinski definition) is 1. The molecule has 1 aliphatic carbocycles. The van der Waals surface area contributed by atoms with Gasteiger partial charge in [-0.25, -0.2) is 14.8 Å². The Morgan fingerprint density at radius 3 is 2.49 bits per heavy atom. The van der Waals surface area contributed by atoms with Gasteiger partial charge in [0.15, 0.2) is 0 Å². The van der Waals surface area contributed by atoms with E-state index in [-0.39, 0.29) is 12.5 Å². The van der Waals surface area contributed by atoms with Crippen molar-refractivity contribution in [2.45, 2.75) is 84.8 Å². The van der Waals surface area contributed by atoms with Gasteiger partial charge in [-0.05, 0) is 94.8 Å². The summed E-state index contributed by atoms with van der Waals surface area (Å²) in [5.74, 6) is -1.06. The van der Waals surface area contributed by atoms with E-state index in [0.717, 1.165) is 80.8 Å². The molecular formula is C33H37N3O4S. The molecule has 0 saturated heterocycles. The number of benzene rings is 1. The minimum Gasteiger partial charge on any atom is -0.478 e. The summed E-state index contributed by atoms with van der Waals surface area (Å²) in [6, 6.07) is 12.4. The Bertz CT molecular complexity index is 1630. The predicted octanol–water partition coefficient (Wildman–Crippen LogP) is 7.93. The quantitative estimate of drug-likeness (QED) is 0.179. The van der Waals surface area contributed by atoms with Crippen LogP contribution in [0.3, 0.4) is 0 Å². The first kappa shape index (κ1) is 28.7. The van der Waals surface area contributed by atoms with E-state index in [1.807, 2.05) is 51.3 Å². The summed E-state index contributed by atoms with van der Waals surface area (Å²) in [4.78, 5) is 35.1. The smallest absolute Gasteiger partial charge is 0.328 e. The van der Waals surface area contributed by atoms with Gasteiger partial charge in [-0.15, -0.1) is 11.3 Å². The average Bonchev–Trinajstić information content (AvgIpc) is 3.44. The van der Waals surface area contributed by atoms with E-state index in [2.05, 4.69) is 29.2 Å². The van der Waals surface area contributed by atoms with Crippen LogP contribution in [0.1, 0.15) is 80.8 Å². The maximum absolute atomic E-state index is 13.1. The van der Waals surface area contributed by atoms with Crippen LogP contribution in [0.2, 0.25) is 0 Å². The highest BCUT2D eigenvalue weighted by atomic mass is 32.1. The molecule has 8 heteroatoms. The van der Waals surface area contributed by atoms with Crippen LogP contribution in [0, 0.1) is 13.8 Å². The number of aryl methyl sites for hydroxylation is 2. The fraction of sp³-hybridized carbons (Fsp3) is 0.394. The van der Waals surface area contributed by atoms with Gasteiger partial charge in [0.2, 0.25) is 0 Å². The Kier molecular flexibility index (Phi) is 8.13. The zero-order valence-electron chi connectivity index (χ0n) is 24.4. The van der Waals surface area contributed by atoms with E-state index in [1.165, 1.54) is 6.42 Å². The number of carboxylic acids is 1. The molecule has 0 atom stereocenters. The zero-order valence-corrected chi connectivity index (χ0v) is 25.2. The molecule has 1 fully saturated rings. The number of fused-ring (bicyclic) bond motifs is 1. The van der Waals surface area contributed by atoms with Crippen LogP contribution >= 0.6 is 11.3 Å². The fourth-order valence-electron chi connectivity index (χ4n) is 5.77. The Balaban J connectivity index is 1.64. The van der Waals surface area contributed by atoms with Gasteiger partial charge in [-0.1, -0.05) is 31.4 Å². The highest BCUT2D eigenvalue weighted by molar-refractivity contribution is 7.15. The summed E-state index contributed by atoms with van der Waals surface area (Å²) in [5, 5.41) is 11.4. The van der Waals surface area contributed by atoms with Crippen LogP contribution in [-0.2, 0) is 20.9 Å². The molecule has 5 rings (SSSR count). The zero-order chi connectivity index (χ0) is 29.3. The lowest BCUT2D eigenvalue weighted by Gasteiger charge is -2.24. The molecule has 1 saturated carbocycles. The highest BCUT2D eigenvalue weighted by Crippen LogP contribution is 2.41. The minimum atomic E-state index is -1.03. The summed E-state index contributed by atoms with van der Waals surface area (Å²) in [6.07, 6.45) is 8.38. The molecule has 0 unspecified atom stereocenters. The number of carboxylic acid groups (broad SMARTS) is 1. The highest BCUT2D eigenvalue weighted by Gasteiger charge is 2.27. The number of thiazole rings is 1. The van der Waals surface area contributed by atoms with Gasteiger partial charge in [0.05, 0.1) is 32.5 Å². The Morgan fingerprint density at radius 1 is 1.07 bits per heavy atom. The van der Waals surface area contributed by atoms with Crippen LogP contribution in [0.15, 0.2) is 42.5 Å². The summed E-state index contributed by atoms with van der Waals surface area (Å²) in [6.45, 7) is 9.54. The standard InChI is InChI=1S/C33H37N3O4S/c1-20-32(41-21(2)34-20)28-15-11-23-17-24(12-14-27(23)35-28)31-26(22-9-7-6-8-10-22)18-25(13-16-29(37)38)36(31)19-30(39)40-33(3,4)5/h11-18,22H,6-10,19H2,1-5H3,(H,37,38). The Hall–Kier alpha value is -3.78. The minimum absolute atomic E-state index is 0.0160. The fourth-order valence-corrected chi connectivity index (χ4v) is 6.66. The molecule has 0 spiro atoms. The molecule has 0 aliphatic heterocycles. The van der Waals surface area contributed by atoms with Crippen LogP contribution in [-0.4, -0.2) is 37.2 Å². The number of hydrogen-bond acceptors (Lipinski definition) is 6. The molecule has 1 N–H and O–H groups in total. The van der Waals surface area contributed by atoms with Crippen molar-refractivity contribution in [3.63, 3.8) is 0 Å². The van der Waals surface area contributed by atoms with Gasteiger partial charge in [0.1, 0.15) is 12.1 Å². The number of esters is 1. The molecule has 1 aliphatic rings. The molecular weight excluding hydrogens is 534 g/mol. The van der Waals surface area contributed by atoms with Crippen molar-refractivity contribution in [2.75, 3.05) is 0 Å². The first-order valence-corrected chi connectivity index (χ1v) is 15.0. The number of nitrogens with zero attached hydrogens (tertiary/aromatic N) is 3. The summed E-state index contributed by atoms with van der Waals surface area (Å²) < 4.78 is 7.61. The third kappa shape index (κ3) is 6.59. The van der Waals surface area contributed by atoms with Gasteiger partial charge >= 0.3 is 11.9 Å². The van der Waals surface area contributed by atoms with E-state index in [4.69, 9.17) is 9.72 Å². The van der Waals surface area contributed by atoms with Gasteiger partial charge in [0.25, 0.3) is 0 Å². The number of carbonyl (C=O) groups excluding carboxylic acids is 1. The SMILES string of the molecule is Cc1nc(C)c(-c2ccc3cc(-c4c(C5CCCCC5)cc(C=CC(=O)O)n4CC(=O)OC(C)(C)C)ccc3n2)s1. The second-order valence-corrected chi connectivity index (χ2v) is 13.0. The lowest BCUT2D eigenvalue weighted by atomic mass is 9.83. The molecule has 0 radical (unpaired) electrons. The maximum Gasteiger partial charge on any atom is 0.328 e. The molecule has 0 amide bonds. The Labute approximate surface area is 244 Å². The third-order valence-corrected chi connectivity index (χ3v) is 8.50. The van der Waals surface area contributed by atoms with Crippen molar-refractivity contribution < 1.29 is 19.4 Å². The molecule has 3 heterocycles. The molecule has 41 heavy (non-hydrogen) atoms. The maximum atomic E-state index is 13.1. The van der Waals surface area contributed by atoms with Gasteiger partial charge in [-0.2, -0.15) is 0 Å². The first-order valence-electron chi connectivity index (χ1n) is 14.2. The number of carbonyl (C=O) groups is 2. The number of aromatic nitrogens is 3. The number of rotatable bonds is 7. The summed E-state index contributed by atoms with van der Waals surface area (Å²) >= 11 is 1.65. The van der Waals surface area contributed by atoms with Gasteiger partial charge < -0.3 is 14.4 Å². The van der Waals surface area contributed by atoms with Crippen LogP contribution in [0.25, 0.3) is 38.8 Å². The van der Waals surface area contributed by atoms with E-state index in [9.17, 15) is 14.7 Å². The van der Waals surface area contributed by atoms with E-state index < -0.39 is 11.6 Å². The average molecular weight is 572 g/mol. The van der Waals surface area contributed by atoms with Crippen molar-refractivity contribution in [2.24, 2.45) is 0 Å². The summed E-state index contributed by atoms with van der Waals surface area (Å²) in [7, 11) is 0. The largest absolute Gasteiger partial charge is 0.478 e. The Morgan fingerprint density at radius 2 is 1.83 bits per heavy atom. The molecule has 7 nitrogen and oxygen atoms in total. The normalized spacial score (nSPS) is 14.7. The molecule has 214 valence electrons. The third-order valence-electron chi connectivity index (χ3n) is 7.41. The lowest BCUT2D eigenvalue weighted by Crippen LogP contribution is -2.27. The van der Waals surface area contributed by atoms with Crippen LogP contribution in [0.4, 0.5) is 0 Å². The van der Waals surface area contributed by atoms with Crippen molar-refractivity contribution in [3.05, 3.63) is 64.4 Å². The second kappa shape index (κ2) is 11.6. The molecule has 0 bridgehead atoms. The first-order chi connectivity index (χ1) is 19.5. The van der Waals surface area contributed by atoms with Crippen molar-refractivity contribution >= 4 is 40.3 Å². The molecule has 4 aromatic rings. The second-order valence-electron chi connectivity index (χ2n) is 11.8. The van der Waals surface area contributed by atoms with E-state index >= 15 is 0 Å². The monoisotopic (exact) mass is 571 g/mol. The van der Waals surface area contributed by atoms with Crippen molar-refractivity contribution in [3.8, 4) is 21.8 Å². The lowest BCUT2D eigenvalue weighted by molar-refractivity contribution is -0.155. The van der Waals surface area contributed by atoms with Gasteiger partial charge in [0, 0.05) is 17.2 Å². The van der Waals surface area contributed by atoms with Crippen LogP contribution in [0.5, 0.6) is 0 Å². The van der Waals surface area contributed by atoms with Crippen molar-refractivity contribution in [1.29, 1.82) is 0 Å². The predicted molar refractivity (Wildman–Crippen MR) is 164 cm³/mol. The van der Waals surface area contributed by atoms with E-state index in [1.54, 1.807) is 17.4 Å². The van der Waals surface area contributed by atoms with Crippen molar-refractivity contribution in [1.82, 2.24) is 14.5 Å².